The predicted octanol–water partition coefficient (Wildman–Crippen LogP) is 6.38. The van der Waals surface area contributed by atoms with Gasteiger partial charge in [0.2, 0.25) is 0 Å². The molecule has 1 aliphatic heterocycles. The van der Waals surface area contributed by atoms with Crippen molar-refractivity contribution in [2.24, 2.45) is 0 Å². The third-order valence-electron chi connectivity index (χ3n) is 8.46. The molecule has 0 N–H and O–H groups in total. The molecule has 1 heterocycles. The maximum Gasteiger partial charge on any atom is 0.163 e. The van der Waals surface area contributed by atoms with Gasteiger partial charge in [-0.15, -0.1) is 0 Å². The Kier molecular flexibility index (Phi) is 7.77. The Bertz CT molecular complexity index is 1000. The van der Waals surface area contributed by atoms with Gasteiger partial charge in [-0.2, -0.15) is 0 Å². The van der Waals surface area contributed by atoms with Crippen LogP contribution in [0, 0.1) is 6.92 Å². The first kappa shape index (κ1) is 24.9. The molecule has 0 atom stereocenters. The van der Waals surface area contributed by atoms with Crippen LogP contribution in [0.2, 0.25) is 0 Å². The number of allylic oxidation sites excluding steroid dienone is 4. The van der Waals surface area contributed by atoms with Crippen LogP contribution in [0.15, 0.2) is 34.9 Å². The second-order valence-electron chi connectivity index (χ2n) is 11.0. The number of hydrogen-bond acceptors (Lipinski definition) is 4. The molecule has 1 aromatic rings. The van der Waals surface area contributed by atoms with Crippen molar-refractivity contribution in [3.05, 3.63) is 51.6 Å². The van der Waals surface area contributed by atoms with Crippen LogP contribution in [0.3, 0.4) is 0 Å². The highest BCUT2D eigenvalue weighted by molar-refractivity contribution is 6.02. The lowest BCUT2D eigenvalue weighted by atomic mass is 9.85. The largest absolute Gasteiger partial charge is 0.371 e. The van der Waals surface area contributed by atoms with Gasteiger partial charge in [0.25, 0.3) is 0 Å². The van der Waals surface area contributed by atoms with Crippen molar-refractivity contribution in [3.63, 3.8) is 0 Å². The van der Waals surface area contributed by atoms with Crippen molar-refractivity contribution in [1.29, 1.82) is 0 Å². The summed E-state index contributed by atoms with van der Waals surface area (Å²) in [6, 6.07) is 5.14. The van der Waals surface area contributed by atoms with Gasteiger partial charge in [0.15, 0.2) is 11.6 Å². The first-order valence-electron chi connectivity index (χ1n) is 13.2. The molecular formula is C30H42N2O2. The van der Waals surface area contributed by atoms with E-state index in [1.54, 1.807) is 0 Å². The van der Waals surface area contributed by atoms with Crippen LogP contribution in [-0.2, 0) is 4.79 Å². The zero-order valence-electron chi connectivity index (χ0n) is 21.9. The minimum atomic E-state index is 0.174. The highest BCUT2D eigenvalue weighted by Gasteiger charge is 2.27. The lowest BCUT2D eigenvalue weighted by Gasteiger charge is -2.33. The summed E-state index contributed by atoms with van der Waals surface area (Å²) in [7, 11) is 4.41. The number of nitrogens with zero attached hydrogens (tertiary/aromatic N) is 2. The number of piperidine rings is 1. The summed E-state index contributed by atoms with van der Waals surface area (Å²) in [4.78, 5) is 31.0. The Hall–Kier alpha value is -2.20. The number of ketones is 2. The second kappa shape index (κ2) is 10.6. The average molecular weight is 463 g/mol. The van der Waals surface area contributed by atoms with Crippen molar-refractivity contribution < 1.29 is 9.59 Å². The fraction of sp³-hybridized carbons (Fsp3) is 0.600. The molecule has 3 aliphatic rings. The molecule has 0 spiro atoms. The highest BCUT2D eigenvalue weighted by Crippen LogP contribution is 2.37. The minimum absolute atomic E-state index is 0.174. The zero-order valence-corrected chi connectivity index (χ0v) is 21.9. The zero-order chi connectivity index (χ0) is 24.4. The van der Waals surface area contributed by atoms with Gasteiger partial charge in [-0.3, -0.25) is 9.59 Å². The van der Waals surface area contributed by atoms with Crippen LogP contribution in [0.25, 0.3) is 0 Å². The topological polar surface area (TPSA) is 40.6 Å². The number of rotatable bonds is 7. The number of benzene rings is 1. The molecule has 4 rings (SSSR count). The molecule has 34 heavy (non-hydrogen) atoms. The highest BCUT2D eigenvalue weighted by atomic mass is 16.1. The first-order valence-corrected chi connectivity index (χ1v) is 13.2. The fourth-order valence-electron chi connectivity index (χ4n) is 6.24. The van der Waals surface area contributed by atoms with Crippen LogP contribution in [0.1, 0.15) is 99.0 Å². The van der Waals surface area contributed by atoms with Crippen molar-refractivity contribution in [3.8, 4) is 0 Å². The summed E-state index contributed by atoms with van der Waals surface area (Å²) in [5.41, 5.74) is 7.50. The molecule has 0 aromatic heterocycles. The quantitative estimate of drug-likeness (QED) is 0.441. The number of anilines is 1. The van der Waals surface area contributed by atoms with Gasteiger partial charge in [-0.25, -0.2) is 0 Å². The van der Waals surface area contributed by atoms with Crippen molar-refractivity contribution in [2.45, 2.75) is 90.5 Å². The maximum absolute atomic E-state index is 13.6. The van der Waals surface area contributed by atoms with Gasteiger partial charge < -0.3 is 9.80 Å². The molecule has 1 saturated heterocycles. The van der Waals surface area contributed by atoms with E-state index in [1.165, 1.54) is 36.9 Å². The Morgan fingerprint density at radius 2 is 1.74 bits per heavy atom. The van der Waals surface area contributed by atoms with Crippen LogP contribution in [0.5, 0.6) is 0 Å². The third kappa shape index (κ3) is 5.38. The maximum atomic E-state index is 13.6. The van der Waals surface area contributed by atoms with E-state index < -0.39 is 0 Å². The number of hydrogen-bond donors (Lipinski definition) is 0. The molecule has 1 aromatic carbocycles. The Morgan fingerprint density at radius 3 is 2.38 bits per heavy atom. The third-order valence-corrected chi connectivity index (χ3v) is 8.46. The van der Waals surface area contributed by atoms with Crippen LogP contribution >= 0.6 is 0 Å². The smallest absolute Gasteiger partial charge is 0.163 e. The van der Waals surface area contributed by atoms with Gasteiger partial charge in [0, 0.05) is 37.2 Å². The summed E-state index contributed by atoms with van der Waals surface area (Å²) in [6.07, 6.45) is 10.9. The Morgan fingerprint density at radius 1 is 1.06 bits per heavy atom. The van der Waals surface area contributed by atoms with Gasteiger partial charge in [-0.05, 0) is 113 Å². The Labute approximate surface area is 206 Å². The van der Waals surface area contributed by atoms with E-state index in [1.807, 2.05) is 13.8 Å². The average Bonchev–Trinajstić information content (AvgIpc) is 3.33. The predicted molar refractivity (Wildman–Crippen MR) is 141 cm³/mol. The lowest BCUT2D eigenvalue weighted by Crippen LogP contribution is -2.31. The number of likely N-dealkylation sites (tertiary alicyclic amines) is 1. The van der Waals surface area contributed by atoms with Gasteiger partial charge in [0.1, 0.15) is 0 Å². The summed E-state index contributed by atoms with van der Waals surface area (Å²) in [5.74, 6) is 0.869. The molecule has 2 aliphatic carbocycles. The van der Waals surface area contributed by atoms with E-state index in [2.05, 4.69) is 49.0 Å². The van der Waals surface area contributed by atoms with Crippen LogP contribution in [0.4, 0.5) is 5.69 Å². The number of carbonyl (C=O) groups excluding carboxylic acids is 2. The van der Waals surface area contributed by atoms with Gasteiger partial charge in [-0.1, -0.05) is 24.5 Å². The minimum Gasteiger partial charge on any atom is -0.371 e. The van der Waals surface area contributed by atoms with Crippen LogP contribution < -0.4 is 4.90 Å². The van der Waals surface area contributed by atoms with E-state index >= 15 is 0 Å². The molecule has 0 bridgehead atoms. The van der Waals surface area contributed by atoms with Gasteiger partial charge >= 0.3 is 0 Å². The van der Waals surface area contributed by atoms with Crippen LogP contribution in [-0.4, -0.2) is 49.7 Å². The molecular weight excluding hydrogens is 420 g/mol. The first-order chi connectivity index (χ1) is 16.2. The SMILES string of the molecule is CC1=CC(C)=C(CCC(=O)c2cc(C3CCN(C)CC3)cc(N(C)C3CCCC3)c2C)C(=O)C1. The monoisotopic (exact) mass is 462 g/mol. The van der Waals surface area contributed by atoms with E-state index in [0.29, 0.717) is 31.2 Å². The van der Waals surface area contributed by atoms with Crippen molar-refractivity contribution >= 4 is 17.3 Å². The molecule has 0 unspecified atom stereocenters. The normalized spacial score (nSPS) is 20.7. The standard InChI is InChI=1S/C30H42N2O2/c1-20-16-21(2)26(30(34)17-20)10-11-29(33)27-18-24(23-12-14-31(4)15-13-23)19-28(22(27)3)32(5)25-8-6-7-9-25/h16,18-19,23,25H,6-15,17H2,1-5H3. The van der Waals surface area contributed by atoms with Crippen molar-refractivity contribution in [2.75, 3.05) is 32.1 Å². The van der Waals surface area contributed by atoms with Crippen molar-refractivity contribution in [1.82, 2.24) is 4.90 Å². The lowest BCUT2D eigenvalue weighted by molar-refractivity contribution is -0.115. The van der Waals surface area contributed by atoms with E-state index in [9.17, 15) is 9.59 Å². The molecule has 0 radical (unpaired) electrons. The fourth-order valence-corrected chi connectivity index (χ4v) is 6.24. The molecule has 4 heteroatoms. The molecule has 2 fully saturated rings. The van der Waals surface area contributed by atoms with E-state index in [-0.39, 0.29) is 11.6 Å². The summed E-state index contributed by atoms with van der Waals surface area (Å²) >= 11 is 0. The number of carbonyl (C=O) groups is 2. The molecule has 4 nitrogen and oxygen atoms in total. The molecule has 184 valence electrons. The number of Topliss-reactive ketones (excluding diaryl/α,β-unsaturated/α-hetero) is 2. The van der Waals surface area contributed by atoms with E-state index in [4.69, 9.17) is 0 Å². The summed E-state index contributed by atoms with van der Waals surface area (Å²) < 4.78 is 0. The van der Waals surface area contributed by atoms with Gasteiger partial charge in [0.05, 0.1) is 0 Å². The molecule has 1 saturated carbocycles. The second-order valence-corrected chi connectivity index (χ2v) is 11.0. The Balaban J connectivity index is 1.62. The summed E-state index contributed by atoms with van der Waals surface area (Å²) in [5, 5.41) is 0. The summed E-state index contributed by atoms with van der Waals surface area (Å²) in [6.45, 7) is 8.34. The molecule has 0 amide bonds. The van der Waals surface area contributed by atoms with E-state index in [0.717, 1.165) is 53.8 Å².